The number of hydrogen-bond donors (Lipinski definition) is 3. The van der Waals surface area contributed by atoms with Crippen LogP contribution in [0.2, 0.25) is 0 Å². The molecule has 0 fully saturated rings. The number of aromatic nitrogens is 3. The van der Waals surface area contributed by atoms with E-state index in [4.69, 9.17) is 9.26 Å². The molecule has 1 aliphatic rings. The molecule has 0 saturated heterocycles. The summed E-state index contributed by atoms with van der Waals surface area (Å²) in [5.74, 6) is 0.611. The molecule has 2 aromatic carbocycles. The van der Waals surface area contributed by atoms with Crippen LogP contribution >= 0.6 is 13.5 Å². The Labute approximate surface area is 210 Å². The van der Waals surface area contributed by atoms with E-state index in [0.717, 1.165) is 45.1 Å². The maximum Gasteiger partial charge on any atom is 0.254 e. The van der Waals surface area contributed by atoms with Crippen LogP contribution in [0, 0.1) is 13.8 Å². The average Bonchev–Trinajstić information content (AvgIpc) is 3.54. The molecule has 0 aliphatic carbocycles. The second-order valence-electron chi connectivity index (χ2n) is 8.61. The smallest absolute Gasteiger partial charge is 0.254 e. The third-order valence-electron chi connectivity index (χ3n) is 6.35. The highest BCUT2D eigenvalue weighted by Crippen LogP contribution is 2.44. The summed E-state index contributed by atoms with van der Waals surface area (Å²) in [4.78, 5) is 21.0. The van der Waals surface area contributed by atoms with Crippen molar-refractivity contribution in [2.45, 2.75) is 31.8 Å². The van der Waals surface area contributed by atoms with Crippen molar-refractivity contribution in [3.8, 4) is 11.1 Å². The summed E-state index contributed by atoms with van der Waals surface area (Å²) in [6.45, 7) is 4.23. The molecule has 0 bridgehead atoms. The van der Waals surface area contributed by atoms with Crippen molar-refractivity contribution in [2.24, 2.45) is 0 Å². The van der Waals surface area contributed by atoms with Gasteiger partial charge in [0.1, 0.15) is 5.76 Å². The van der Waals surface area contributed by atoms with Gasteiger partial charge in [-0.3, -0.25) is 10.1 Å². The standard InChI is InChI=1S/C26H27N5O3.H2S/c1-16-24(17(2)34-31-16)18-9-10-23-22(11-18)26(25(32)29-23,19-7-5-4-6-8-19)30-21(14-33-3)12-20-13-27-15-28-20;/h4-11,13,15,21,30H,12,14H2,1-3H3,(H,27,28)(H,29,32);1H2/t21-,26?;/m0./s1. The summed E-state index contributed by atoms with van der Waals surface area (Å²) >= 11 is 0. The number of benzene rings is 2. The van der Waals surface area contributed by atoms with Crippen molar-refractivity contribution in [1.82, 2.24) is 20.4 Å². The number of rotatable bonds is 8. The van der Waals surface area contributed by atoms with E-state index in [0.29, 0.717) is 13.0 Å². The highest BCUT2D eigenvalue weighted by atomic mass is 32.1. The summed E-state index contributed by atoms with van der Waals surface area (Å²) in [6.07, 6.45) is 4.06. The van der Waals surface area contributed by atoms with E-state index in [2.05, 4.69) is 31.8 Å². The molecule has 0 saturated carbocycles. The Morgan fingerprint density at radius 3 is 2.63 bits per heavy atom. The fourth-order valence-corrected chi connectivity index (χ4v) is 4.87. The van der Waals surface area contributed by atoms with Crippen molar-refractivity contribution in [2.75, 3.05) is 19.0 Å². The molecular weight excluding hydrogens is 462 g/mol. The molecule has 182 valence electrons. The molecule has 0 radical (unpaired) electrons. The number of anilines is 1. The van der Waals surface area contributed by atoms with Gasteiger partial charge in [-0.2, -0.15) is 13.5 Å². The third kappa shape index (κ3) is 4.38. The number of ether oxygens (including phenoxy) is 1. The van der Waals surface area contributed by atoms with E-state index in [1.54, 1.807) is 19.6 Å². The van der Waals surface area contributed by atoms with Crippen LogP contribution in [-0.4, -0.2) is 40.8 Å². The molecule has 1 amide bonds. The van der Waals surface area contributed by atoms with Crippen molar-refractivity contribution in [3.05, 3.63) is 89.3 Å². The Morgan fingerprint density at radius 1 is 1.17 bits per heavy atom. The Bertz CT molecular complexity index is 1290. The van der Waals surface area contributed by atoms with Gasteiger partial charge in [-0.05, 0) is 37.1 Å². The van der Waals surface area contributed by atoms with E-state index in [1.165, 1.54) is 0 Å². The minimum atomic E-state index is -1.10. The fraction of sp³-hybridized carbons (Fsp3) is 0.269. The quantitative estimate of drug-likeness (QED) is 0.346. The summed E-state index contributed by atoms with van der Waals surface area (Å²) in [6, 6.07) is 15.6. The first-order valence-corrected chi connectivity index (χ1v) is 11.2. The maximum atomic E-state index is 13.8. The van der Waals surface area contributed by atoms with Gasteiger partial charge in [0.2, 0.25) is 0 Å². The summed E-state index contributed by atoms with van der Waals surface area (Å²) in [5, 5.41) is 10.9. The van der Waals surface area contributed by atoms with Gasteiger partial charge in [0.25, 0.3) is 5.91 Å². The normalized spacial score (nSPS) is 17.5. The molecule has 3 N–H and O–H groups in total. The number of nitrogens with one attached hydrogen (secondary N) is 3. The Morgan fingerprint density at radius 2 is 1.97 bits per heavy atom. The predicted molar refractivity (Wildman–Crippen MR) is 139 cm³/mol. The number of carbonyl (C=O) groups excluding carboxylic acids is 1. The predicted octanol–water partition coefficient (Wildman–Crippen LogP) is 3.84. The fourth-order valence-electron chi connectivity index (χ4n) is 4.87. The number of nitrogens with zero attached hydrogens (tertiary/aromatic N) is 2. The number of fused-ring (bicyclic) bond motifs is 1. The van der Waals surface area contributed by atoms with Crippen molar-refractivity contribution < 1.29 is 14.1 Å². The lowest BCUT2D eigenvalue weighted by Crippen LogP contribution is -2.55. The van der Waals surface area contributed by atoms with E-state index in [9.17, 15) is 4.79 Å². The van der Waals surface area contributed by atoms with Gasteiger partial charge in [-0.25, -0.2) is 4.98 Å². The van der Waals surface area contributed by atoms with Crippen LogP contribution < -0.4 is 10.6 Å². The van der Waals surface area contributed by atoms with Gasteiger partial charge in [0.15, 0.2) is 5.54 Å². The molecule has 4 aromatic rings. The van der Waals surface area contributed by atoms with Crippen LogP contribution in [0.4, 0.5) is 5.69 Å². The SMILES string of the molecule is COC[C@H](Cc1cnc[nH]1)NC1(c2ccccc2)C(=O)Nc2ccc(-c3c(C)noc3C)cc21.S. The van der Waals surface area contributed by atoms with E-state index in [-0.39, 0.29) is 25.4 Å². The molecule has 1 unspecified atom stereocenters. The van der Waals surface area contributed by atoms with Crippen LogP contribution in [0.25, 0.3) is 11.1 Å². The lowest BCUT2D eigenvalue weighted by Gasteiger charge is -2.34. The first-order chi connectivity index (χ1) is 16.5. The van der Waals surface area contributed by atoms with Gasteiger partial charge >= 0.3 is 0 Å². The van der Waals surface area contributed by atoms with Crippen LogP contribution in [-0.2, 0) is 21.5 Å². The summed E-state index contributed by atoms with van der Waals surface area (Å²) in [7, 11) is 1.66. The molecule has 1 aliphatic heterocycles. The Hall–Kier alpha value is -3.40. The zero-order valence-electron chi connectivity index (χ0n) is 19.9. The topological polar surface area (TPSA) is 105 Å². The molecule has 3 heterocycles. The number of hydrogen-bond acceptors (Lipinski definition) is 6. The summed E-state index contributed by atoms with van der Waals surface area (Å²) in [5.41, 5.74) is 5.04. The van der Waals surface area contributed by atoms with Gasteiger partial charge < -0.3 is 19.6 Å². The largest absolute Gasteiger partial charge is 0.383 e. The molecule has 9 heteroatoms. The van der Waals surface area contributed by atoms with Crippen molar-refractivity contribution in [3.63, 3.8) is 0 Å². The molecule has 2 atom stereocenters. The van der Waals surface area contributed by atoms with Gasteiger partial charge in [0, 0.05) is 48.3 Å². The molecule has 2 aromatic heterocycles. The molecule has 8 nitrogen and oxygen atoms in total. The molecule has 5 rings (SSSR count). The third-order valence-corrected chi connectivity index (χ3v) is 6.35. The van der Waals surface area contributed by atoms with E-state index >= 15 is 0 Å². The zero-order chi connectivity index (χ0) is 23.7. The maximum absolute atomic E-state index is 13.8. The monoisotopic (exact) mass is 491 g/mol. The van der Waals surface area contributed by atoms with Crippen LogP contribution in [0.3, 0.4) is 0 Å². The number of methoxy groups -OCH3 is 1. The highest BCUT2D eigenvalue weighted by molar-refractivity contribution is 7.59. The Kier molecular flexibility index (Phi) is 7.11. The minimum Gasteiger partial charge on any atom is -0.383 e. The first-order valence-electron chi connectivity index (χ1n) is 11.2. The van der Waals surface area contributed by atoms with Crippen LogP contribution in [0.15, 0.2) is 65.6 Å². The zero-order valence-corrected chi connectivity index (χ0v) is 20.9. The van der Waals surface area contributed by atoms with Gasteiger partial charge in [0.05, 0.1) is 18.6 Å². The van der Waals surface area contributed by atoms with Crippen molar-refractivity contribution in [1.29, 1.82) is 0 Å². The molecule has 35 heavy (non-hydrogen) atoms. The van der Waals surface area contributed by atoms with Crippen LogP contribution in [0.5, 0.6) is 0 Å². The highest BCUT2D eigenvalue weighted by Gasteiger charge is 2.49. The van der Waals surface area contributed by atoms with E-state index in [1.807, 2.05) is 56.3 Å². The summed E-state index contributed by atoms with van der Waals surface area (Å²) < 4.78 is 10.9. The number of imidazole rings is 1. The first kappa shape index (κ1) is 24.7. The second kappa shape index (κ2) is 10.1. The van der Waals surface area contributed by atoms with Gasteiger partial charge in [-0.15, -0.1) is 0 Å². The lowest BCUT2D eigenvalue weighted by atomic mass is 9.81. The second-order valence-corrected chi connectivity index (χ2v) is 8.61. The average molecular weight is 492 g/mol. The number of aromatic amines is 1. The van der Waals surface area contributed by atoms with Crippen molar-refractivity contribution >= 4 is 25.1 Å². The number of aryl methyl sites for hydroxylation is 2. The van der Waals surface area contributed by atoms with E-state index < -0.39 is 5.54 Å². The number of amides is 1. The number of H-pyrrole nitrogens is 1. The Balaban J connectivity index is 0.00000289. The van der Waals surface area contributed by atoms with Gasteiger partial charge in [-0.1, -0.05) is 41.6 Å². The molecular formula is C26H29N5O3S. The van der Waals surface area contributed by atoms with Crippen LogP contribution in [0.1, 0.15) is 28.3 Å². The molecule has 0 spiro atoms. The number of carbonyl (C=O) groups is 1. The minimum absolute atomic E-state index is 0. The lowest BCUT2D eigenvalue weighted by molar-refractivity contribution is -0.121.